The van der Waals surface area contributed by atoms with Crippen molar-refractivity contribution in [1.29, 1.82) is 0 Å². The summed E-state index contributed by atoms with van der Waals surface area (Å²) in [5.41, 5.74) is 1.86. The molecule has 0 aliphatic carbocycles. The number of para-hydroxylation sites is 1. The molecule has 0 fully saturated rings. The van der Waals surface area contributed by atoms with Gasteiger partial charge in [-0.1, -0.05) is 24.3 Å². The summed E-state index contributed by atoms with van der Waals surface area (Å²) in [6.07, 6.45) is 3.09. The third kappa shape index (κ3) is 4.06. The van der Waals surface area contributed by atoms with Crippen molar-refractivity contribution in [3.05, 3.63) is 100 Å². The fraction of sp³-hybridized carbons (Fsp3) is 0.0833. The Morgan fingerprint density at radius 2 is 2.00 bits per heavy atom. The summed E-state index contributed by atoms with van der Waals surface area (Å²) < 4.78 is 1.45. The van der Waals surface area contributed by atoms with E-state index < -0.39 is 16.9 Å². The number of hydrogen-bond donors (Lipinski definition) is 3. The summed E-state index contributed by atoms with van der Waals surface area (Å²) in [6, 6.07) is 15.1. The number of fused-ring (bicyclic) bond motifs is 1. The first kappa shape index (κ1) is 21.8. The second kappa shape index (κ2) is 8.71. The number of allylic oxidation sites excluding steroid dienone is 1. The highest BCUT2D eigenvalue weighted by Gasteiger charge is 2.37. The molecule has 0 radical (unpaired) electrons. The molecule has 2 aromatic carbocycles. The maximum absolute atomic E-state index is 13.5. The van der Waals surface area contributed by atoms with Gasteiger partial charge in [0.15, 0.2) is 5.82 Å². The lowest BCUT2D eigenvalue weighted by molar-refractivity contribution is -0.385. The van der Waals surface area contributed by atoms with Crippen molar-refractivity contribution in [3.8, 4) is 17.1 Å². The van der Waals surface area contributed by atoms with Crippen LogP contribution in [-0.2, 0) is 4.79 Å². The number of hydrogen-bond acceptors (Lipinski definition) is 8. The number of benzene rings is 2. The standard InChI is InChI=1S/C24H19N7O4/c1-14-20(23(33)27-16-7-5-11-25-13-16)21(18-9-2-3-10-19(18)31(34)35)30-24(26-14)28-22(29-30)15-6-4-8-17(32)12-15/h2-13,21,32H,1H3,(H,27,33)(H,26,28,29). The first-order chi connectivity index (χ1) is 16.9. The zero-order valence-electron chi connectivity index (χ0n) is 18.4. The molecule has 11 heteroatoms. The normalized spacial score (nSPS) is 14.7. The molecule has 1 unspecified atom stereocenters. The van der Waals surface area contributed by atoms with Crippen LogP contribution in [-0.4, -0.2) is 35.7 Å². The number of nitrogens with zero attached hydrogens (tertiary/aromatic N) is 5. The van der Waals surface area contributed by atoms with E-state index in [4.69, 9.17) is 0 Å². The predicted octanol–water partition coefficient (Wildman–Crippen LogP) is 3.88. The number of rotatable bonds is 5. The second-order valence-corrected chi connectivity index (χ2v) is 7.83. The number of phenolic OH excluding ortho intramolecular Hbond substituents is 1. The Morgan fingerprint density at radius 1 is 1.17 bits per heavy atom. The van der Waals surface area contributed by atoms with Crippen LogP contribution >= 0.6 is 0 Å². The lowest BCUT2D eigenvalue weighted by Crippen LogP contribution is -2.32. The molecular formula is C24H19N7O4. The molecule has 1 atom stereocenters. The van der Waals surface area contributed by atoms with E-state index in [1.165, 1.54) is 29.1 Å². The summed E-state index contributed by atoms with van der Waals surface area (Å²) in [5.74, 6) is 0.172. The summed E-state index contributed by atoms with van der Waals surface area (Å²) >= 11 is 0. The zero-order valence-corrected chi connectivity index (χ0v) is 18.4. The quantitative estimate of drug-likeness (QED) is 0.295. The van der Waals surface area contributed by atoms with Gasteiger partial charge in [0.2, 0.25) is 5.95 Å². The number of carbonyl (C=O) groups excluding carboxylic acids is 1. The van der Waals surface area contributed by atoms with E-state index in [1.807, 2.05) is 0 Å². The van der Waals surface area contributed by atoms with Gasteiger partial charge in [-0.3, -0.25) is 19.9 Å². The number of nitro groups is 1. The van der Waals surface area contributed by atoms with E-state index >= 15 is 0 Å². The SMILES string of the molecule is CC1=C(C(=O)Nc2cccnc2)C(c2ccccc2[N+](=O)[O-])n2nc(-c3cccc(O)c3)nc2N1. The molecule has 0 bridgehead atoms. The molecule has 35 heavy (non-hydrogen) atoms. The smallest absolute Gasteiger partial charge is 0.275 e. The number of aromatic nitrogens is 4. The number of phenols is 1. The van der Waals surface area contributed by atoms with Crippen molar-refractivity contribution in [1.82, 2.24) is 19.7 Å². The van der Waals surface area contributed by atoms with Crippen LogP contribution in [0.4, 0.5) is 17.3 Å². The average Bonchev–Trinajstić information content (AvgIpc) is 3.27. The summed E-state index contributed by atoms with van der Waals surface area (Å²) in [4.78, 5) is 33.4. The highest BCUT2D eigenvalue weighted by Crippen LogP contribution is 2.40. The Morgan fingerprint density at radius 3 is 2.74 bits per heavy atom. The highest BCUT2D eigenvalue weighted by atomic mass is 16.6. The third-order valence-electron chi connectivity index (χ3n) is 5.55. The van der Waals surface area contributed by atoms with E-state index in [9.17, 15) is 20.0 Å². The number of amides is 1. The van der Waals surface area contributed by atoms with Gasteiger partial charge in [0.25, 0.3) is 11.6 Å². The fourth-order valence-corrected chi connectivity index (χ4v) is 4.02. The number of nitro benzene ring substituents is 1. The molecule has 11 nitrogen and oxygen atoms in total. The van der Waals surface area contributed by atoms with E-state index in [1.54, 1.807) is 55.6 Å². The molecule has 1 amide bonds. The molecule has 2 aromatic heterocycles. The molecule has 1 aliphatic rings. The van der Waals surface area contributed by atoms with Gasteiger partial charge in [-0.15, -0.1) is 5.10 Å². The van der Waals surface area contributed by atoms with Gasteiger partial charge in [0, 0.05) is 23.5 Å². The first-order valence-corrected chi connectivity index (χ1v) is 10.6. The van der Waals surface area contributed by atoms with Gasteiger partial charge in [-0.05, 0) is 37.3 Å². The van der Waals surface area contributed by atoms with Crippen molar-refractivity contribution < 1.29 is 14.8 Å². The Hall–Kier alpha value is -5.06. The fourth-order valence-electron chi connectivity index (χ4n) is 4.02. The predicted molar refractivity (Wildman–Crippen MR) is 128 cm³/mol. The zero-order chi connectivity index (χ0) is 24.5. The van der Waals surface area contributed by atoms with Crippen LogP contribution in [0.3, 0.4) is 0 Å². The average molecular weight is 469 g/mol. The Bertz CT molecular complexity index is 1480. The van der Waals surface area contributed by atoms with Crippen molar-refractivity contribution in [2.24, 2.45) is 0 Å². The van der Waals surface area contributed by atoms with Gasteiger partial charge < -0.3 is 15.7 Å². The largest absolute Gasteiger partial charge is 0.508 e. The topological polar surface area (TPSA) is 148 Å². The molecule has 0 spiro atoms. The van der Waals surface area contributed by atoms with E-state index in [0.717, 1.165) is 0 Å². The van der Waals surface area contributed by atoms with Crippen LogP contribution in [0.5, 0.6) is 5.75 Å². The van der Waals surface area contributed by atoms with Crippen LogP contribution in [0.1, 0.15) is 18.5 Å². The van der Waals surface area contributed by atoms with Crippen molar-refractivity contribution in [2.45, 2.75) is 13.0 Å². The summed E-state index contributed by atoms with van der Waals surface area (Å²) in [5, 5.41) is 32.2. The van der Waals surface area contributed by atoms with Crippen molar-refractivity contribution in [3.63, 3.8) is 0 Å². The summed E-state index contributed by atoms with van der Waals surface area (Å²) in [7, 11) is 0. The second-order valence-electron chi connectivity index (χ2n) is 7.83. The molecule has 3 N–H and O–H groups in total. The van der Waals surface area contributed by atoms with Crippen molar-refractivity contribution in [2.75, 3.05) is 10.6 Å². The third-order valence-corrected chi connectivity index (χ3v) is 5.55. The molecule has 0 saturated heterocycles. The van der Waals surface area contributed by atoms with Gasteiger partial charge >= 0.3 is 0 Å². The first-order valence-electron chi connectivity index (χ1n) is 10.6. The van der Waals surface area contributed by atoms with Gasteiger partial charge in [-0.25, -0.2) is 4.68 Å². The minimum absolute atomic E-state index is 0.0457. The molecule has 1 aliphatic heterocycles. The molecule has 3 heterocycles. The van der Waals surface area contributed by atoms with Gasteiger partial charge in [-0.2, -0.15) is 4.98 Å². The Balaban J connectivity index is 1.67. The monoisotopic (exact) mass is 469 g/mol. The van der Waals surface area contributed by atoms with Crippen molar-refractivity contribution >= 4 is 23.2 Å². The lowest BCUT2D eigenvalue weighted by atomic mass is 9.93. The lowest BCUT2D eigenvalue weighted by Gasteiger charge is -2.28. The maximum atomic E-state index is 13.5. The Labute approximate surface area is 198 Å². The van der Waals surface area contributed by atoms with Crippen LogP contribution < -0.4 is 10.6 Å². The van der Waals surface area contributed by atoms with Crippen LogP contribution in [0.2, 0.25) is 0 Å². The van der Waals surface area contributed by atoms with Gasteiger partial charge in [0.05, 0.1) is 27.9 Å². The number of anilines is 2. The number of pyridine rings is 1. The van der Waals surface area contributed by atoms with E-state index in [0.29, 0.717) is 22.9 Å². The van der Waals surface area contributed by atoms with E-state index in [2.05, 4.69) is 25.7 Å². The van der Waals surface area contributed by atoms with Gasteiger partial charge in [0.1, 0.15) is 11.8 Å². The van der Waals surface area contributed by atoms with Crippen LogP contribution in [0.25, 0.3) is 11.4 Å². The number of carbonyl (C=O) groups is 1. The number of nitrogens with one attached hydrogen (secondary N) is 2. The van der Waals surface area contributed by atoms with Crippen LogP contribution in [0.15, 0.2) is 84.3 Å². The minimum Gasteiger partial charge on any atom is -0.508 e. The highest BCUT2D eigenvalue weighted by molar-refractivity contribution is 6.06. The Kier molecular flexibility index (Phi) is 5.41. The molecular weight excluding hydrogens is 450 g/mol. The molecule has 0 saturated carbocycles. The van der Waals surface area contributed by atoms with Crippen LogP contribution in [0, 0.1) is 10.1 Å². The molecule has 174 valence electrons. The maximum Gasteiger partial charge on any atom is 0.275 e. The summed E-state index contributed by atoms with van der Waals surface area (Å²) in [6.45, 7) is 1.70. The minimum atomic E-state index is -0.942. The van der Waals surface area contributed by atoms with E-state index in [-0.39, 0.29) is 28.4 Å². The molecule has 4 aromatic rings. The number of aromatic hydroxyl groups is 1. The molecule has 5 rings (SSSR count).